The molecule has 0 aliphatic heterocycles. The summed E-state index contributed by atoms with van der Waals surface area (Å²) >= 11 is 0. The summed E-state index contributed by atoms with van der Waals surface area (Å²) in [4.78, 5) is 35.8. The first-order chi connectivity index (χ1) is 29.9. The zero-order chi connectivity index (χ0) is 45.7. The Balaban J connectivity index is 2.43. The Morgan fingerprint density at radius 2 is 0.823 bits per heavy atom. The van der Waals surface area contributed by atoms with Gasteiger partial charge in [0.1, 0.15) is 43.2 Å². The molecular weight excluding hydrogens is 815 g/mol. The van der Waals surface area contributed by atoms with Gasteiger partial charge in [0.2, 0.25) is 0 Å². The molecule has 1 saturated carbocycles. The predicted octanol–water partition coefficient (Wildman–Crippen LogP) is 10.0. The van der Waals surface area contributed by atoms with E-state index < -0.39 is 75.7 Å². The maximum absolute atomic E-state index is 12.8. The molecule has 0 radical (unpaired) electrons. The van der Waals surface area contributed by atoms with Crippen LogP contribution in [0.1, 0.15) is 213 Å². The van der Waals surface area contributed by atoms with Gasteiger partial charge in [0, 0.05) is 12.8 Å². The van der Waals surface area contributed by atoms with Crippen molar-refractivity contribution in [3.05, 3.63) is 24.3 Å². The standard InChI is InChI=1S/C48H89O13P/c1-3-5-7-9-11-13-15-17-19-21-23-25-27-29-31-33-35-37-42(50)60-40(39-59-62(56,57)61-48-46(54)44(52)43(51)45(53)47(48)55)38-58-41(49)36-34-32-30-28-26-24-22-20-18-16-14-12-10-8-6-4-2/h17,19-20,22,40,43-48,51-55H,3-16,18,21,23-39H2,1-2H3,(H,56,57)/b19-17-,22-20-/t40-,43?,44-,45?,46?,47?,48?/m1/s1. The van der Waals surface area contributed by atoms with Gasteiger partial charge in [0.25, 0.3) is 0 Å². The Kier molecular flexibility index (Phi) is 36.3. The van der Waals surface area contributed by atoms with Crippen LogP contribution in [0.25, 0.3) is 0 Å². The number of phosphoric acid groups is 1. The van der Waals surface area contributed by atoms with Gasteiger partial charge in [-0.25, -0.2) is 4.57 Å². The van der Waals surface area contributed by atoms with Gasteiger partial charge in [-0.15, -0.1) is 0 Å². The first-order valence-electron chi connectivity index (χ1n) is 24.6. The SMILES string of the molecule is CCCCCCCC/C=C\CCCCCCCCCC(=O)O[C@H](COC(=O)CCCCCCC/C=C\CCCCCCCCC)COP(=O)(O)OC1C(O)C(O)C(O)[C@@H](O)C1O. The fraction of sp³-hybridized carbons (Fsp3) is 0.875. The van der Waals surface area contributed by atoms with E-state index in [1.165, 1.54) is 103 Å². The Hall–Kier alpha value is -1.67. The highest BCUT2D eigenvalue weighted by molar-refractivity contribution is 7.47. The summed E-state index contributed by atoms with van der Waals surface area (Å²) in [7, 11) is -5.12. The number of carbonyl (C=O) groups excluding carboxylic acids is 2. The molecule has 13 nitrogen and oxygen atoms in total. The summed E-state index contributed by atoms with van der Waals surface area (Å²) in [5, 5.41) is 50.2. The van der Waals surface area contributed by atoms with E-state index >= 15 is 0 Å². The minimum absolute atomic E-state index is 0.0919. The number of hydrogen-bond acceptors (Lipinski definition) is 12. The molecule has 0 aromatic carbocycles. The summed E-state index contributed by atoms with van der Waals surface area (Å²) in [5.41, 5.74) is 0. The Morgan fingerprint density at radius 3 is 1.23 bits per heavy atom. The van der Waals surface area contributed by atoms with E-state index in [2.05, 4.69) is 38.2 Å². The van der Waals surface area contributed by atoms with Gasteiger partial charge in [-0.05, 0) is 64.2 Å². The van der Waals surface area contributed by atoms with Crippen LogP contribution in [0.5, 0.6) is 0 Å². The molecule has 0 saturated heterocycles. The molecule has 14 heteroatoms. The van der Waals surface area contributed by atoms with Crippen molar-refractivity contribution in [3.63, 3.8) is 0 Å². The molecule has 6 N–H and O–H groups in total. The van der Waals surface area contributed by atoms with E-state index in [0.717, 1.165) is 70.6 Å². The lowest BCUT2D eigenvalue weighted by molar-refractivity contribution is -0.220. The average Bonchev–Trinajstić information content (AvgIpc) is 3.25. The van der Waals surface area contributed by atoms with E-state index in [1.807, 2.05) is 0 Å². The molecule has 364 valence electrons. The van der Waals surface area contributed by atoms with Gasteiger partial charge < -0.3 is 39.9 Å². The number of ether oxygens (including phenoxy) is 2. The molecule has 0 aromatic heterocycles. The molecule has 0 aromatic rings. The van der Waals surface area contributed by atoms with Crippen LogP contribution >= 0.6 is 7.82 Å². The largest absolute Gasteiger partial charge is 0.472 e. The van der Waals surface area contributed by atoms with E-state index in [-0.39, 0.29) is 12.8 Å². The topological polar surface area (TPSA) is 210 Å². The van der Waals surface area contributed by atoms with Crippen molar-refractivity contribution in [3.8, 4) is 0 Å². The van der Waals surface area contributed by atoms with E-state index in [4.69, 9.17) is 18.5 Å². The molecule has 6 unspecified atom stereocenters. The first kappa shape index (κ1) is 58.3. The highest BCUT2D eigenvalue weighted by Gasteiger charge is 2.51. The van der Waals surface area contributed by atoms with Crippen LogP contribution in [-0.2, 0) is 32.7 Å². The van der Waals surface area contributed by atoms with Crippen molar-refractivity contribution >= 4 is 19.8 Å². The lowest BCUT2D eigenvalue weighted by Crippen LogP contribution is -2.64. The molecule has 1 fully saturated rings. The molecule has 1 rings (SSSR count). The summed E-state index contributed by atoms with van der Waals surface area (Å²) in [6, 6.07) is 0. The molecule has 0 heterocycles. The van der Waals surface area contributed by atoms with E-state index in [1.54, 1.807) is 0 Å². The summed E-state index contributed by atoms with van der Waals surface area (Å²) in [5.74, 6) is -1.11. The quantitative estimate of drug-likeness (QED) is 0.0146. The number of carbonyl (C=O) groups is 2. The number of hydrogen-bond donors (Lipinski definition) is 6. The highest BCUT2D eigenvalue weighted by atomic mass is 31.2. The van der Waals surface area contributed by atoms with Crippen LogP contribution in [0.4, 0.5) is 0 Å². The number of phosphoric ester groups is 1. The zero-order valence-corrected chi connectivity index (χ0v) is 39.6. The minimum atomic E-state index is -5.12. The van der Waals surface area contributed by atoms with Crippen LogP contribution in [-0.4, -0.2) is 98.3 Å². The predicted molar refractivity (Wildman–Crippen MR) is 244 cm³/mol. The second kappa shape index (κ2) is 38.6. The van der Waals surface area contributed by atoms with Crippen molar-refractivity contribution in [2.45, 2.75) is 256 Å². The normalized spacial score (nSPS) is 22.0. The van der Waals surface area contributed by atoms with Crippen molar-refractivity contribution in [1.82, 2.24) is 0 Å². The third-order valence-corrected chi connectivity index (χ3v) is 12.5. The van der Waals surface area contributed by atoms with Crippen LogP contribution in [0.2, 0.25) is 0 Å². The smallest absolute Gasteiger partial charge is 0.462 e. The molecule has 0 spiro atoms. The van der Waals surface area contributed by atoms with Gasteiger partial charge in [-0.1, -0.05) is 160 Å². The number of unbranched alkanes of at least 4 members (excludes halogenated alkanes) is 25. The average molecular weight is 905 g/mol. The summed E-state index contributed by atoms with van der Waals surface area (Å²) in [6.07, 6.45) is 29.4. The van der Waals surface area contributed by atoms with Crippen LogP contribution in [0, 0.1) is 0 Å². The maximum atomic E-state index is 12.8. The second-order valence-corrected chi connectivity index (χ2v) is 18.7. The van der Waals surface area contributed by atoms with Crippen molar-refractivity contribution < 1.29 is 63.1 Å². The molecular formula is C48H89O13P. The van der Waals surface area contributed by atoms with Gasteiger partial charge in [0.15, 0.2) is 6.10 Å². The fourth-order valence-electron chi connectivity index (χ4n) is 7.51. The first-order valence-corrected chi connectivity index (χ1v) is 26.1. The van der Waals surface area contributed by atoms with Gasteiger partial charge in [-0.2, -0.15) is 0 Å². The molecule has 8 atom stereocenters. The minimum Gasteiger partial charge on any atom is -0.462 e. The van der Waals surface area contributed by atoms with Crippen LogP contribution < -0.4 is 0 Å². The number of esters is 2. The van der Waals surface area contributed by atoms with Crippen molar-refractivity contribution in [2.24, 2.45) is 0 Å². The molecule has 1 aliphatic rings. The van der Waals surface area contributed by atoms with Gasteiger partial charge >= 0.3 is 19.8 Å². The Labute approximate surface area is 375 Å². The van der Waals surface area contributed by atoms with Gasteiger partial charge in [0.05, 0.1) is 6.61 Å². The second-order valence-electron chi connectivity index (χ2n) is 17.3. The highest BCUT2D eigenvalue weighted by Crippen LogP contribution is 2.47. The number of aliphatic hydroxyl groups excluding tert-OH is 5. The number of allylic oxidation sites excluding steroid dienone is 4. The third-order valence-electron chi connectivity index (χ3n) is 11.5. The van der Waals surface area contributed by atoms with Crippen LogP contribution in [0.3, 0.4) is 0 Å². The number of rotatable bonds is 41. The maximum Gasteiger partial charge on any atom is 0.472 e. The molecule has 0 amide bonds. The molecule has 62 heavy (non-hydrogen) atoms. The van der Waals surface area contributed by atoms with E-state index in [9.17, 15) is 44.6 Å². The summed E-state index contributed by atoms with van der Waals surface area (Å²) in [6.45, 7) is 3.30. The fourth-order valence-corrected chi connectivity index (χ4v) is 8.49. The molecule has 0 bridgehead atoms. The van der Waals surface area contributed by atoms with Crippen LogP contribution in [0.15, 0.2) is 24.3 Å². The third kappa shape index (κ3) is 30.5. The number of aliphatic hydroxyl groups is 5. The van der Waals surface area contributed by atoms with Crippen molar-refractivity contribution in [1.29, 1.82) is 0 Å². The lowest BCUT2D eigenvalue weighted by Gasteiger charge is -2.41. The molecule has 1 aliphatic carbocycles. The summed E-state index contributed by atoms with van der Waals surface area (Å²) < 4.78 is 33.6. The van der Waals surface area contributed by atoms with Gasteiger partial charge in [-0.3, -0.25) is 18.6 Å². The van der Waals surface area contributed by atoms with Crippen molar-refractivity contribution in [2.75, 3.05) is 13.2 Å². The Morgan fingerprint density at radius 1 is 0.484 bits per heavy atom. The zero-order valence-electron chi connectivity index (χ0n) is 38.7. The Bertz CT molecular complexity index is 1180. The van der Waals surface area contributed by atoms with E-state index in [0.29, 0.717) is 12.8 Å². The monoisotopic (exact) mass is 905 g/mol. The lowest BCUT2D eigenvalue weighted by atomic mass is 9.85.